The number of hydrogen-bond acceptors (Lipinski definition) is 8. The van der Waals surface area contributed by atoms with Gasteiger partial charge in [-0.1, -0.05) is 11.3 Å². The van der Waals surface area contributed by atoms with Gasteiger partial charge in [-0.25, -0.2) is 9.78 Å². The Labute approximate surface area is 171 Å². The number of hydrogen-bond donors (Lipinski definition) is 1. The second-order valence-corrected chi connectivity index (χ2v) is 8.69. The normalized spacial score (nSPS) is 16.6. The average Bonchev–Trinajstić information content (AvgIpc) is 3.34. The van der Waals surface area contributed by atoms with Crippen LogP contribution in [-0.2, 0) is 4.74 Å². The van der Waals surface area contributed by atoms with Crippen LogP contribution in [0.1, 0.15) is 34.1 Å². The van der Waals surface area contributed by atoms with Crippen LogP contribution in [0.25, 0.3) is 4.96 Å². The molecule has 1 N–H and O–H groups in total. The van der Waals surface area contributed by atoms with E-state index >= 15 is 0 Å². The number of carbonyl (C=O) groups excluding carboxylic acids is 1. The highest BCUT2D eigenvalue weighted by Crippen LogP contribution is 2.42. The van der Waals surface area contributed by atoms with Crippen LogP contribution >= 0.6 is 22.7 Å². The fourth-order valence-corrected chi connectivity index (χ4v) is 5.81. The molecule has 8 nitrogen and oxygen atoms in total. The van der Waals surface area contributed by atoms with E-state index in [9.17, 15) is 9.90 Å². The Kier molecular flexibility index (Phi) is 5.26. The van der Waals surface area contributed by atoms with Gasteiger partial charge in [-0.3, -0.25) is 4.90 Å². The monoisotopic (exact) mass is 421 g/mol. The van der Waals surface area contributed by atoms with Gasteiger partial charge in [-0.2, -0.15) is 4.52 Å². The van der Waals surface area contributed by atoms with Crippen molar-refractivity contribution < 1.29 is 14.6 Å². The molecule has 3 aromatic rings. The van der Waals surface area contributed by atoms with E-state index in [-0.39, 0.29) is 18.0 Å². The highest BCUT2D eigenvalue weighted by Gasteiger charge is 2.34. The van der Waals surface area contributed by atoms with E-state index in [2.05, 4.69) is 33.4 Å². The first-order valence-corrected chi connectivity index (χ1v) is 10.9. The van der Waals surface area contributed by atoms with E-state index in [0.717, 1.165) is 4.88 Å². The van der Waals surface area contributed by atoms with Crippen LogP contribution in [0.2, 0.25) is 0 Å². The number of carbonyl (C=O) groups is 1. The summed E-state index contributed by atoms with van der Waals surface area (Å²) in [4.78, 5) is 23.2. The van der Waals surface area contributed by atoms with Crippen molar-refractivity contribution in [2.24, 2.45) is 0 Å². The van der Waals surface area contributed by atoms with Crippen molar-refractivity contribution in [3.05, 3.63) is 32.6 Å². The zero-order chi connectivity index (χ0) is 19.8. The zero-order valence-electron chi connectivity index (χ0n) is 16.1. The van der Waals surface area contributed by atoms with Gasteiger partial charge in [-0.15, -0.1) is 16.4 Å². The van der Waals surface area contributed by atoms with E-state index in [1.807, 2.05) is 13.8 Å². The van der Waals surface area contributed by atoms with Gasteiger partial charge in [0.2, 0.25) is 10.8 Å². The van der Waals surface area contributed by atoms with Crippen molar-refractivity contribution in [2.75, 3.05) is 32.8 Å². The lowest BCUT2D eigenvalue weighted by Crippen LogP contribution is -2.49. The van der Waals surface area contributed by atoms with Gasteiger partial charge in [0.1, 0.15) is 5.82 Å². The van der Waals surface area contributed by atoms with Crippen molar-refractivity contribution in [1.29, 1.82) is 0 Å². The standard InChI is InChI=1S/C18H23N5O3S2/c1-4-26-18(25)22-8-6-21(7-9-22)13(14-11(2)5-10-27-14)15-16(24)23-17(28-15)19-12(3)20-23/h5,10,13,24H,4,6-9H2,1-3H3/t13-/m0/s1. The molecule has 1 aliphatic rings. The largest absolute Gasteiger partial charge is 0.492 e. The minimum absolute atomic E-state index is 0.0850. The molecule has 4 heterocycles. The molecule has 4 rings (SSSR count). The number of thiophene rings is 1. The molecule has 1 aliphatic heterocycles. The van der Waals surface area contributed by atoms with E-state index in [1.54, 1.807) is 16.2 Å². The van der Waals surface area contributed by atoms with Gasteiger partial charge in [0.05, 0.1) is 17.5 Å². The van der Waals surface area contributed by atoms with E-state index < -0.39 is 0 Å². The topological polar surface area (TPSA) is 83.2 Å². The average molecular weight is 422 g/mol. The second-order valence-electron chi connectivity index (χ2n) is 6.74. The summed E-state index contributed by atoms with van der Waals surface area (Å²) in [6.45, 7) is 8.70. The SMILES string of the molecule is CCOC(=O)N1CCN([C@@H](c2sccc2C)c2sc3nc(C)nn3c2O)CC1. The van der Waals surface area contributed by atoms with Crippen LogP contribution in [0.4, 0.5) is 4.79 Å². The Bertz CT molecular complexity index is 987. The van der Waals surface area contributed by atoms with Gasteiger partial charge in [0.15, 0.2) is 0 Å². The molecule has 0 aromatic carbocycles. The minimum Gasteiger partial charge on any atom is -0.492 e. The number of nitrogens with zero attached hydrogens (tertiary/aromatic N) is 5. The Morgan fingerprint density at radius 1 is 1.29 bits per heavy atom. The van der Waals surface area contributed by atoms with Crippen LogP contribution in [0.3, 0.4) is 0 Å². The van der Waals surface area contributed by atoms with Gasteiger partial charge in [0.25, 0.3) is 0 Å². The molecule has 1 fully saturated rings. The molecule has 1 amide bonds. The smallest absolute Gasteiger partial charge is 0.409 e. The Hall–Kier alpha value is -2.17. The van der Waals surface area contributed by atoms with Crippen LogP contribution in [0.5, 0.6) is 5.88 Å². The molecular formula is C18H23N5O3S2. The van der Waals surface area contributed by atoms with Gasteiger partial charge in [-0.05, 0) is 37.8 Å². The maximum Gasteiger partial charge on any atom is 0.409 e. The quantitative estimate of drug-likeness (QED) is 0.697. The summed E-state index contributed by atoms with van der Waals surface area (Å²) < 4.78 is 6.64. The fourth-order valence-electron chi connectivity index (χ4n) is 3.52. The molecule has 28 heavy (non-hydrogen) atoms. The number of ether oxygens (including phenoxy) is 1. The van der Waals surface area contributed by atoms with Crippen LogP contribution in [-0.4, -0.2) is 68.4 Å². The van der Waals surface area contributed by atoms with Crippen molar-refractivity contribution in [2.45, 2.75) is 26.8 Å². The maximum absolute atomic E-state index is 12.0. The Balaban J connectivity index is 1.66. The summed E-state index contributed by atoms with van der Waals surface area (Å²) in [5, 5.41) is 17.2. The minimum atomic E-state index is -0.261. The fraction of sp³-hybridized carbons (Fsp3) is 0.500. The Morgan fingerprint density at radius 3 is 2.64 bits per heavy atom. The first-order chi connectivity index (χ1) is 13.5. The predicted molar refractivity (Wildman–Crippen MR) is 108 cm³/mol. The van der Waals surface area contributed by atoms with Gasteiger partial charge in [0, 0.05) is 31.1 Å². The number of aryl methyl sites for hydroxylation is 2. The number of piperazine rings is 1. The van der Waals surface area contributed by atoms with Crippen molar-refractivity contribution in [3.8, 4) is 5.88 Å². The van der Waals surface area contributed by atoms with Crippen molar-refractivity contribution in [1.82, 2.24) is 24.4 Å². The summed E-state index contributed by atoms with van der Waals surface area (Å²) in [7, 11) is 0. The molecule has 10 heteroatoms. The molecule has 0 spiro atoms. The zero-order valence-corrected chi connectivity index (χ0v) is 17.7. The van der Waals surface area contributed by atoms with Gasteiger partial charge >= 0.3 is 6.09 Å². The molecule has 1 saturated heterocycles. The molecule has 150 valence electrons. The molecular weight excluding hydrogens is 398 g/mol. The lowest BCUT2D eigenvalue weighted by molar-refractivity contribution is 0.0719. The van der Waals surface area contributed by atoms with E-state index in [0.29, 0.717) is 43.6 Å². The first kappa shape index (κ1) is 19.2. The highest BCUT2D eigenvalue weighted by atomic mass is 32.1. The number of aromatic hydroxyl groups is 1. The van der Waals surface area contributed by atoms with Crippen molar-refractivity contribution >= 4 is 33.7 Å². The summed E-state index contributed by atoms with van der Waals surface area (Å²) in [6, 6.07) is 2.01. The molecule has 0 bridgehead atoms. The number of amides is 1. The maximum atomic E-state index is 12.0. The first-order valence-electron chi connectivity index (χ1n) is 9.24. The summed E-state index contributed by atoms with van der Waals surface area (Å²) in [5.74, 6) is 0.784. The Morgan fingerprint density at radius 2 is 2.04 bits per heavy atom. The molecule has 1 atom stereocenters. The summed E-state index contributed by atoms with van der Waals surface area (Å²) >= 11 is 3.15. The highest BCUT2D eigenvalue weighted by molar-refractivity contribution is 7.17. The third-order valence-corrected chi connectivity index (χ3v) is 7.05. The molecule has 0 unspecified atom stereocenters. The van der Waals surface area contributed by atoms with Crippen molar-refractivity contribution in [3.63, 3.8) is 0 Å². The second kappa shape index (κ2) is 7.69. The third-order valence-electron chi connectivity index (χ3n) is 4.91. The lowest BCUT2D eigenvalue weighted by atomic mass is 10.1. The summed E-state index contributed by atoms with van der Waals surface area (Å²) in [6.07, 6.45) is -0.261. The van der Waals surface area contributed by atoms with E-state index in [1.165, 1.54) is 26.3 Å². The number of fused-ring (bicyclic) bond motifs is 1. The van der Waals surface area contributed by atoms with Crippen LogP contribution in [0.15, 0.2) is 11.4 Å². The number of thiazole rings is 1. The molecule has 0 saturated carbocycles. The number of rotatable bonds is 4. The van der Waals surface area contributed by atoms with E-state index in [4.69, 9.17) is 4.74 Å². The molecule has 0 aliphatic carbocycles. The molecule has 3 aromatic heterocycles. The van der Waals surface area contributed by atoms with Crippen LogP contribution < -0.4 is 0 Å². The summed E-state index contributed by atoms with van der Waals surface area (Å²) in [5.41, 5.74) is 1.19. The van der Waals surface area contributed by atoms with Gasteiger partial charge < -0.3 is 14.7 Å². The van der Waals surface area contributed by atoms with Crippen LogP contribution in [0, 0.1) is 13.8 Å². The molecule has 0 radical (unpaired) electrons. The number of aromatic nitrogens is 3. The third kappa shape index (κ3) is 3.36. The predicted octanol–water partition coefficient (Wildman–Crippen LogP) is 3.04. The lowest BCUT2D eigenvalue weighted by Gasteiger charge is -2.38.